The van der Waals surface area contributed by atoms with Crippen molar-refractivity contribution in [3.63, 3.8) is 0 Å². The maximum absolute atomic E-state index is 13.8. The third kappa shape index (κ3) is 6.16. The van der Waals surface area contributed by atoms with Crippen LogP contribution in [0.5, 0.6) is 5.75 Å². The third-order valence-electron chi connectivity index (χ3n) is 7.82. The zero-order valence-corrected chi connectivity index (χ0v) is 23.9. The lowest BCUT2D eigenvalue weighted by atomic mass is 10.1. The van der Waals surface area contributed by atoms with Crippen LogP contribution in [-0.4, -0.2) is 54.8 Å². The van der Waals surface area contributed by atoms with Crippen molar-refractivity contribution in [2.45, 2.75) is 30.9 Å². The fraction of sp³-hybridized carbons (Fsp3) is 0.290. The summed E-state index contributed by atoms with van der Waals surface area (Å²) >= 11 is 0. The monoisotopic (exact) mass is 610 g/mol. The third-order valence-corrected chi connectivity index (χ3v) is 9.67. The number of alkyl halides is 3. The number of anilines is 1. The molecule has 0 bridgehead atoms. The summed E-state index contributed by atoms with van der Waals surface area (Å²) in [6, 6.07) is 21.1. The molecule has 2 heterocycles. The average molecular weight is 611 g/mol. The first kappa shape index (κ1) is 28.9. The van der Waals surface area contributed by atoms with Gasteiger partial charge in [0.05, 0.1) is 23.2 Å². The van der Waals surface area contributed by atoms with E-state index in [1.807, 2.05) is 35.2 Å². The lowest BCUT2D eigenvalue weighted by Crippen LogP contribution is -2.49. The lowest BCUT2D eigenvalue weighted by Gasteiger charge is -2.36. The summed E-state index contributed by atoms with van der Waals surface area (Å²) in [5, 5.41) is 4.28. The molecule has 1 saturated heterocycles. The summed E-state index contributed by atoms with van der Waals surface area (Å²) in [6.07, 6.45) is -2.17. The van der Waals surface area contributed by atoms with E-state index in [1.165, 1.54) is 22.6 Å². The standard InChI is InChI=1S/C31H29F3N4O4S/c32-31(33,34)25-10-12-26(13-11-25)38-30(39)29(42-27-18-23-8-4-5-9-24(23)19-27)28(20-35-38)36-14-16-37(17-15-36)43(40,41)21-22-6-2-1-3-7-22/h1-13,20,27H,14-19,21H2. The molecule has 1 aliphatic heterocycles. The summed E-state index contributed by atoms with van der Waals surface area (Å²) in [5.41, 5.74) is 2.11. The number of sulfonamides is 1. The Kier molecular flexibility index (Phi) is 7.74. The van der Waals surface area contributed by atoms with E-state index in [0.29, 0.717) is 37.2 Å². The Balaban J connectivity index is 1.27. The number of piperazine rings is 1. The first-order valence-electron chi connectivity index (χ1n) is 13.9. The molecule has 1 aromatic heterocycles. The second-order valence-electron chi connectivity index (χ2n) is 10.7. The highest BCUT2D eigenvalue weighted by atomic mass is 32.2. The normalized spacial score (nSPS) is 16.3. The van der Waals surface area contributed by atoms with Gasteiger partial charge in [-0.3, -0.25) is 4.79 Å². The van der Waals surface area contributed by atoms with Crippen molar-refractivity contribution in [3.8, 4) is 11.4 Å². The Morgan fingerprint density at radius 1 is 0.837 bits per heavy atom. The van der Waals surface area contributed by atoms with Gasteiger partial charge in [-0.1, -0.05) is 54.6 Å². The first-order valence-corrected chi connectivity index (χ1v) is 15.5. The molecule has 43 heavy (non-hydrogen) atoms. The van der Waals surface area contributed by atoms with Crippen LogP contribution in [0.1, 0.15) is 22.3 Å². The molecule has 224 valence electrons. The van der Waals surface area contributed by atoms with Crippen LogP contribution in [0, 0.1) is 0 Å². The van der Waals surface area contributed by atoms with E-state index in [-0.39, 0.29) is 36.4 Å². The molecule has 1 aliphatic carbocycles. The van der Waals surface area contributed by atoms with Gasteiger partial charge in [-0.25, -0.2) is 8.42 Å². The van der Waals surface area contributed by atoms with E-state index in [9.17, 15) is 26.4 Å². The number of aromatic nitrogens is 2. The number of ether oxygens (including phenoxy) is 1. The molecule has 3 aromatic carbocycles. The Morgan fingerprint density at radius 3 is 2.05 bits per heavy atom. The summed E-state index contributed by atoms with van der Waals surface area (Å²) in [4.78, 5) is 15.7. The topological polar surface area (TPSA) is 84.7 Å². The minimum Gasteiger partial charge on any atom is -0.482 e. The Bertz CT molecular complexity index is 1740. The van der Waals surface area contributed by atoms with E-state index < -0.39 is 27.3 Å². The van der Waals surface area contributed by atoms with Crippen LogP contribution >= 0.6 is 0 Å². The number of rotatable bonds is 7. The van der Waals surface area contributed by atoms with E-state index in [4.69, 9.17) is 4.74 Å². The molecule has 0 saturated carbocycles. The van der Waals surface area contributed by atoms with Crippen LogP contribution in [0.4, 0.5) is 18.9 Å². The zero-order valence-electron chi connectivity index (χ0n) is 23.1. The second kappa shape index (κ2) is 11.5. The number of nitrogens with zero attached hydrogens (tertiary/aromatic N) is 4. The van der Waals surface area contributed by atoms with Gasteiger partial charge in [0, 0.05) is 39.0 Å². The van der Waals surface area contributed by atoms with Gasteiger partial charge < -0.3 is 9.64 Å². The predicted molar refractivity (Wildman–Crippen MR) is 156 cm³/mol. The van der Waals surface area contributed by atoms with Crippen molar-refractivity contribution in [3.05, 3.63) is 118 Å². The average Bonchev–Trinajstić information content (AvgIpc) is 3.41. The van der Waals surface area contributed by atoms with Gasteiger partial charge in [0.15, 0.2) is 0 Å². The van der Waals surface area contributed by atoms with Gasteiger partial charge in [0.2, 0.25) is 15.8 Å². The molecule has 1 fully saturated rings. The van der Waals surface area contributed by atoms with Crippen molar-refractivity contribution in [1.29, 1.82) is 0 Å². The first-order chi connectivity index (χ1) is 20.6. The van der Waals surface area contributed by atoms with Gasteiger partial charge in [0.1, 0.15) is 11.8 Å². The summed E-state index contributed by atoms with van der Waals surface area (Å²) in [6.45, 7) is 1.04. The molecule has 0 N–H and O–H groups in total. The van der Waals surface area contributed by atoms with E-state index in [1.54, 1.807) is 24.3 Å². The van der Waals surface area contributed by atoms with Crippen molar-refractivity contribution in [2.75, 3.05) is 31.1 Å². The van der Waals surface area contributed by atoms with Crippen molar-refractivity contribution >= 4 is 15.7 Å². The van der Waals surface area contributed by atoms with Crippen LogP contribution in [0.15, 0.2) is 89.9 Å². The molecule has 8 nitrogen and oxygen atoms in total. The van der Waals surface area contributed by atoms with E-state index in [2.05, 4.69) is 5.10 Å². The van der Waals surface area contributed by atoms with Gasteiger partial charge >= 0.3 is 11.7 Å². The van der Waals surface area contributed by atoms with E-state index >= 15 is 0 Å². The largest absolute Gasteiger partial charge is 0.482 e. The second-order valence-corrected chi connectivity index (χ2v) is 12.6. The number of benzene rings is 3. The van der Waals surface area contributed by atoms with Crippen molar-refractivity contribution < 1.29 is 26.3 Å². The highest BCUT2D eigenvalue weighted by Crippen LogP contribution is 2.32. The van der Waals surface area contributed by atoms with Crippen molar-refractivity contribution in [1.82, 2.24) is 14.1 Å². The number of halogens is 3. The highest BCUT2D eigenvalue weighted by Gasteiger charge is 2.32. The van der Waals surface area contributed by atoms with Crippen molar-refractivity contribution in [2.24, 2.45) is 0 Å². The fourth-order valence-corrected chi connectivity index (χ4v) is 7.11. The maximum atomic E-state index is 13.8. The van der Waals surface area contributed by atoms with Gasteiger partial charge in [-0.15, -0.1) is 0 Å². The molecular weight excluding hydrogens is 581 g/mol. The molecule has 0 radical (unpaired) electrons. The SMILES string of the molecule is O=c1c(OC2Cc3ccccc3C2)c(N2CCN(S(=O)(=O)Cc3ccccc3)CC2)cnn1-c1ccc(C(F)(F)F)cc1. The molecule has 12 heteroatoms. The zero-order chi connectivity index (χ0) is 30.2. The van der Waals surface area contributed by atoms with Crippen LogP contribution in [-0.2, 0) is 34.8 Å². The molecule has 0 unspecified atom stereocenters. The molecule has 6 rings (SSSR count). The Labute approximate surface area is 247 Å². The molecule has 0 amide bonds. The molecule has 0 spiro atoms. The van der Waals surface area contributed by atoms with Gasteiger partial charge in [0.25, 0.3) is 0 Å². The summed E-state index contributed by atoms with van der Waals surface area (Å²) in [5.74, 6) is -0.0666. The van der Waals surface area contributed by atoms with E-state index in [0.717, 1.165) is 27.9 Å². The lowest BCUT2D eigenvalue weighted by molar-refractivity contribution is -0.137. The maximum Gasteiger partial charge on any atom is 0.416 e. The minimum atomic E-state index is -4.51. The highest BCUT2D eigenvalue weighted by molar-refractivity contribution is 7.88. The molecule has 4 aromatic rings. The van der Waals surface area contributed by atoms with Crippen LogP contribution in [0.25, 0.3) is 5.69 Å². The predicted octanol–water partition coefficient (Wildman–Crippen LogP) is 4.45. The smallest absolute Gasteiger partial charge is 0.416 e. The van der Waals surface area contributed by atoms with Gasteiger partial charge in [-0.05, 0) is 41.0 Å². The Morgan fingerprint density at radius 2 is 1.44 bits per heavy atom. The number of hydrogen-bond acceptors (Lipinski definition) is 6. The number of hydrogen-bond donors (Lipinski definition) is 0. The van der Waals surface area contributed by atoms with Crippen LogP contribution < -0.4 is 15.2 Å². The van der Waals surface area contributed by atoms with Crippen LogP contribution in [0.3, 0.4) is 0 Å². The summed E-state index contributed by atoms with van der Waals surface area (Å²) in [7, 11) is -3.55. The van der Waals surface area contributed by atoms with Crippen LogP contribution in [0.2, 0.25) is 0 Å². The summed E-state index contributed by atoms with van der Waals surface area (Å²) < 4.78 is 74.4. The molecule has 0 atom stereocenters. The molecular formula is C31H29F3N4O4S. The minimum absolute atomic E-state index is 0.0355. The van der Waals surface area contributed by atoms with Gasteiger partial charge in [-0.2, -0.15) is 27.3 Å². The number of fused-ring (bicyclic) bond motifs is 1. The molecule has 2 aliphatic rings. The quantitative estimate of drug-likeness (QED) is 0.308. The fourth-order valence-electron chi connectivity index (χ4n) is 5.59. The Hall–Kier alpha value is -4.16.